The summed E-state index contributed by atoms with van der Waals surface area (Å²) in [5, 5.41) is 8.80. The van der Waals surface area contributed by atoms with Crippen molar-refractivity contribution in [3.63, 3.8) is 0 Å². The van der Waals surface area contributed by atoms with Gasteiger partial charge in [-0.1, -0.05) is 0 Å². The Morgan fingerprint density at radius 2 is 1.77 bits per heavy atom. The van der Waals surface area contributed by atoms with Crippen LogP contribution in [0.4, 0.5) is 0 Å². The summed E-state index contributed by atoms with van der Waals surface area (Å²) in [6, 6.07) is 3.63. The molecule has 0 bridgehead atoms. The normalized spacial score (nSPS) is 9.15. The highest BCUT2D eigenvalue weighted by atomic mass is 127. The van der Waals surface area contributed by atoms with Crippen LogP contribution in [0.15, 0.2) is 12.1 Å². The van der Waals surface area contributed by atoms with Crippen LogP contribution in [0.25, 0.3) is 0 Å². The molecule has 0 unspecified atom stereocenters. The molecular weight excluding hydrogens is 532 g/mol. The molecule has 0 aliphatic rings. The van der Waals surface area contributed by atoms with E-state index in [0.717, 1.165) is 10.7 Å². The zero-order valence-electron chi connectivity index (χ0n) is 6.05. The smallest absolute Gasteiger partial charge is 0.336 e. The average Bonchev–Trinajstić information content (AvgIpc) is 1.96. The predicted octanol–water partition coefficient (Wildman–Crippen LogP) is 3.62. The van der Waals surface area contributed by atoms with E-state index in [0.29, 0.717) is 5.56 Å². The fraction of sp³-hybridized carbons (Fsp3) is 0. The van der Waals surface area contributed by atoms with Gasteiger partial charge >= 0.3 is 5.97 Å². The zero-order chi connectivity index (χ0) is 9.30. The maximum Gasteiger partial charge on any atom is 0.336 e. The van der Waals surface area contributed by atoms with E-state index in [2.05, 4.69) is 45.2 Å². The van der Waals surface area contributed by atoms with E-state index >= 15 is 0 Å². The number of hydrogen-bond donors (Lipinski definition) is 1. The number of hydrogen-bond acceptors (Lipinski definition) is 1. The van der Waals surface area contributed by atoms with E-state index < -0.39 is 5.97 Å². The molecule has 72 valence electrons. The monoisotopic (exact) mass is 536 g/mol. The summed E-state index contributed by atoms with van der Waals surface area (Å²) in [5.74, 6) is -0.865. The molecule has 2 nitrogen and oxygen atoms in total. The largest absolute Gasteiger partial charge is 0.478 e. The molecule has 0 heterocycles. The second-order valence-corrected chi connectivity index (χ2v) is 5.54. The van der Waals surface area contributed by atoms with Gasteiger partial charge < -0.3 is 5.11 Å². The summed E-state index contributed by atoms with van der Waals surface area (Å²) in [4.78, 5) is 10.7. The van der Waals surface area contributed by atoms with Crippen molar-refractivity contribution in [3.8, 4) is 0 Å². The zero-order valence-corrected chi connectivity index (χ0v) is 13.3. The van der Waals surface area contributed by atoms with Crippen molar-refractivity contribution < 1.29 is 9.90 Å². The van der Waals surface area contributed by atoms with E-state index in [1.807, 2.05) is 28.7 Å². The molecule has 1 aromatic rings. The Hall–Kier alpha value is 1.17. The van der Waals surface area contributed by atoms with Gasteiger partial charge in [0.05, 0.1) is 5.56 Å². The number of rotatable bonds is 1. The van der Waals surface area contributed by atoms with Gasteiger partial charge in [0.25, 0.3) is 0 Å². The third-order valence-corrected chi connectivity index (χ3v) is 4.89. The van der Waals surface area contributed by atoms with Gasteiger partial charge in [0.2, 0.25) is 0 Å². The first kappa shape index (κ1) is 14.2. The van der Waals surface area contributed by atoms with Gasteiger partial charge in [-0.2, -0.15) is 0 Å². The van der Waals surface area contributed by atoms with Crippen LogP contribution < -0.4 is 0 Å². The van der Waals surface area contributed by atoms with Crippen LogP contribution in [0.1, 0.15) is 10.4 Å². The van der Waals surface area contributed by atoms with Gasteiger partial charge in [-0.05, 0) is 79.9 Å². The highest BCUT2D eigenvalue weighted by Crippen LogP contribution is 2.22. The molecule has 6 heteroatoms. The van der Waals surface area contributed by atoms with E-state index in [9.17, 15) is 4.79 Å². The maximum absolute atomic E-state index is 10.7. The van der Waals surface area contributed by atoms with Gasteiger partial charge in [0, 0.05) is 10.7 Å². The topological polar surface area (TPSA) is 37.3 Å². The van der Waals surface area contributed by atoms with Gasteiger partial charge in [0.1, 0.15) is 0 Å². The fourth-order valence-electron chi connectivity index (χ4n) is 0.712. The Labute approximate surface area is 123 Å². The predicted molar refractivity (Wildman–Crippen MR) is 78.8 cm³/mol. The molecule has 1 rings (SSSR count). The van der Waals surface area contributed by atoms with Crippen LogP contribution >= 0.6 is 80.2 Å². The number of halogens is 4. The number of carbonyl (C=O) groups is 1. The lowest BCUT2D eigenvalue weighted by Crippen LogP contribution is -2.01. The molecule has 0 aromatic heterocycles. The van der Waals surface area contributed by atoms with Crippen LogP contribution in [0, 0.1) is 10.7 Å². The molecule has 0 radical (unpaired) electrons. The summed E-state index contributed by atoms with van der Waals surface area (Å²) < 4.78 is 2.74. The molecule has 0 saturated heterocycles. The van der Waals surface area contributed by atoms with E-state index in [1.54, 1.807) is 6.07 Å². The molecule has 0 spiro atoms. The Kier molecular flexibility index (Phi) is 6.44. The van der Waals surface area contributed by atoms with Crippen molar-refractivity contribution >= 4 is 86.1 Å². The van der Waals surface area contributed by atoms with Crippen molar-refractivity contribution in [2.45, 2.75) is 0 Å². The Balaban J connectivity index is 0.00000144. The van der Waals surface area contributed by atoms with Crippen molar-refractivity contribution in [3.05, 3.63) is 28.4 Å². The highest BCUT2D eigenvalue weighted by Gasteiger charge is 2.11. The molecule has 0 aliphatic heterocycles. The molecule has 0 saturated carbocycles. The molecule has 0 aliphatic carbocycles. The molecular formula is C7H4ClI3O2. The molecule has 1 N–H and O–H groups in total. The number of carboxylic acid groups (broad SMARTS) is 1. The quantitative estimate of drug-likeness (QED) is 0.440. The minimum absolute atomic E-state index is 0. The minimum Gasteiger partial charge on any atom is -0.478 e. The third-order valence-electron chi connectivity index (χ3n) is 1.22. The maximum atomic E-state index is 10.7. The first-order chi connectivity index (χ1) is 5.52. The summed E-state index contributed by atoms with van der Waals surface area (Å²) in [5.41, 5.74) is 0.381. The second-order valence-electron chi connectivity index (χ2n) is 2.05. The summed E-state index contributed by atoms with van der Waals surface area (Å²) in [7, 11) is 0. The van der Waals surface area contributed by atoms with Crippen molar-refractivity contribution in [1.82, 2.24) is 0 Å². The van der Waals surface area contributed by atoms with Crippen LogP contribution in [-0.2, 0) is 0 Å². The van der Waals surface area contributed by atoms with Crippen molar-refractivity contribution in [1.29, 1.82) is 0 Å². The average molecular weight is 536 g/mol. The van der Waals surface area contributed by atoms with Gasteiger partial charge in [-0.25, -0.2) is 4.79 Å². The summed E-state index contributed by atoms with van der Waals surface area (Å²) in [6.07, 6.45) is 0. The van der Waals surface area contributed by atoms with Gasteiger partial charge in [-0.15, -0.1) is 12.4 Å². The third kappa shape index (κ3) is 3.67. The van der Waals surface area contributed by atoms with Crippen LogP contribution in [0.5, 0.6) is 0 Å². The Bertz CT molecular complexity index is 341. The molecule has 1 aromatic carbocycles. The van der Waals surface area contributed by atoms with Crippen LogP contribution in [-0.4, -0.2) is 11.1 Å². The molecule has 13 heavy (non-hydrogen) atoms. The number of benzene rings is 1. The van der Waals surface area contributed by atoms with Crippen LogP contribution in [0.2, 0.25) is 0 Å². The Morgan fingerprint density at radius 1 is 1.23 bits per heavy atom. The molecule has 0 fully saturated rings. The molecule has 0 amide bonds. The van der Waals surface area contributed by atoms with E-state index in [4.69, 9.17) is 5.11 Å². The van der Waals surface area contributed by atoms with Crippen molar-refractivity contribution in [2.75, 3.05) is 0 Å². The Morgan fingerprint density at radius 3 is 2.23 bits per heavy atom. The van der Waals surface area contributed by atoms with Gasteiger partial charge in [-0.3, -0.25) is 0 Å². The lowest BCUT2D eigenvalue weighted by atomic mass is 10.2. The van der Waals surface area contributed by atoms with Gasteiger partial charge in [0.15, 0.2) is 0 Å². The SMILES string of the molecule is Cl.O=C(O)c1cc(I)cc(I)c1I. The van der Waals surface area contributed by atoms with E-state index in [1.165, 1.54) is 0 Å². The minimum atomic E-state index is -0.865. The number of carboxylic acids is 1. The number of aromatic carboxylic acids is 1. The second kappa shape index (κ2) is 5.91. The molecule has 0 atom stereocenters. The standard InChI is InChI=1S/C7H3I3O2.ClH/c8-3-1-4(7(11)12)6(10)5(9)2-3;/h1-2H,(H,11,12);1H. The lowest BCUT2D eigenvalue weighted by Gasteiger charge is -2.02. The van der Waals surface area contributed by atoms with Crippen LogP contribution in [0.3, 0.4) is 0 Å². The first-order valence-corrected chi connectivity index (χ1v) is 6.14. The fourth-order valence-corrected chi connectivity index (χ4v) is 3.10. The summed E-state index contributed by atoms with van der Waals surface area (Å²) >= 11 is 6.29. The highest BCUT2D eigenvalue weighted by molar-refractivity contribution is 14.1. The first-order valence-electron chi connectivity index (χ1n) is 2.90. The summed E-state index contributed by atoms with van der Waals surface area (Å²) in [6.45, 7) is 0. The van der Waals surface area contributed by atoms with E-state index in [-0.39, 0.29) is 12.4 Å². The lowest BCUT2D eigenvalue weighted by molar-refractivity contribution is 0.0695. The van der Waals surface area contributed by atoms with Crippen molar-refractivity contribution in [2.24, 2.45) is 0 Å².